The number of aromatic nitrogens is 1. The molecule has 1 aromatic heterocycles. The molecule has 1 heterocycles. The lowest BCUT2D eigenvalue weighted by molar-refractivity contribution is -0.150. The molecule has 0 aliphatic rings. The molecular weight excluding hydrogens is 242 g/mol. The highest BCUT2D eigenvalue weighted by atomic mass is 32.1. The summed E-state index contributed by atoms with van der Waals surface area (Å²) in [6.07, 6.45) is 0.438. The molecule has 0 aliphatic heterocycles. The van der Waals surface area contributed by atoms with E-state index in [1.807, 2.05) is 0 Å². The van der Waals surface area contributed by atoms with Crippen molar-refractivity contribution in [3.8, 4) is 5.88 Å². The van der Waals surface area contributed by atoms with E-state index in [1.165, 1.54) is 13.1 Å². The molecule has 0 N–H and O–H groups in total. The third-order valence-electron chi connectivity index (χ3n) is 1.87. The number of thiol groups is 1. The Labute approximate surface area is 105 Å². The van der Waals surface area contributed by atoms with Crippen LogP contribution in [0.4, 0.5) is 0 Å². The van der Waals surface area contributed by atoms with Crippen LogP contribution in [0.15, 0.2) is 18.3 Å². The summed E-state index contributed by atoms with van der Waals surface area (Å²) in [4.78, 5) is 26.3. The van der Waals surface area contributed by atoms with E-state index in [2.05, 4.69) is 17.6 Å². The molecule has 1 aromatic rings. The number of rotatable bonds is 5. The van der Waals surface area contributed by atoms with Gasteiger partial charge in [0.05, 0.1) is 12.2 Å². The highest BCUT2D eigenvalue weighted by molar-refractivity contribution is 7.96. The minimum absolute atomic E-state index is 0.267. The van der Waals surface area contributed by atoms with Gasteiger partial charge in [-0.3, -0.25) is 9.59 Å². The number of ether oxygens (including phenoxy) is 2. The summed E-state index contributed by atoms with van der Waals surface area (Å²) in [6.45, 7) is 3.42. The summed E-state index contributed by atoms with van der Waals surface area (Å²) in [7, 11) is 0. The Morgan fingerprint density at radius 1 is 1.53 bits per heavy atom. The minimum atomic E-state index is -1.09. The number of hydrogen-bond donors (Lipinski definition) is 1. The van der Waals surface area contributed by atoms with Gasteiger partial charge in [0.25, 0.3) is 0 Å². The number of esters is 1. The second-order valence-corrected chi connectivity index (χ2v) is 3.60. The highest BCUT2D eigenvalue weighted by Crippen LogP contribution is 2.27. The van der Waals surface area contributed by atoms with E-state index < -0.39 is 17.2 Å². The largest absolute Gasteiger partial charge is 0.478 e. The van der Waals surface area contributed by atoms with E-state index in [4.69, 9.17) is 9.47 Å². The fourth-order valence-corrected chi connectivity index (χ4v) is 1.46. The van der Waals surface area contributed by atoms with E-state index in [9.17, 15) is 9.59 Å². The number of carbonyl (C=O) groups is 2. The van der Waals surface area contributed by atoms with Gasteiger partial charge in [0, 0.05) is 13.1 Å². The lowest BCUT2D eigenvalue weighted by Gasteiger charge is -2.16. The highest BCUT2D eigenvalue weighted by Gasteiger charge is 2.25. The van der Waals surface area contributed by atoms with Crippen LogP contribution in [0.2, 0.25) is 0 Å². The van der Waals surface area contributed by atoms with Gasteiger partial charge in [0.2, 0.25) is 11.0 Å². The fraction of sp³-hybridized carbons (Fsp3) is 0.364. The zero-order chi connectivity index (χ0) is 12.8. The molecule has 0 bridgehead atoms. The van der Waals surface area contributed by atoms with Gasteiger partial charge in [-0.2, -0.15) is 0 Å². The maximum absolute atomic E-state index is 11.3. The molecule has 1 rings (SSSR count). The van der Waals surface area contributed by atoms with Crippen molar-refractivity contribution in [2.24, 2.45) is 0 Å². The van der Waals surface area contributed by atoms with Gasteiger partial charge in [0.15, 0.2) is 6.10 Å². The second-order valence-electron chi connectivity index (χ2n) is 3.16. The molecule has 92 valence electrons. The monoisotopic (exact) mass is 255 g/mol. The van der Waals surface area contributed by atoms with Gasteiger partial charge in [-0.15, -0.1) is 12.6 Å². The van der Waals surface area contributed by atoms with Crippen molar-refractivity contribution in [3.05, 3.63) is 23.9 Å². The topological polar surface area (TPSA) is 65.5 Å². The lowest BCUT2D eigenvalue weighted by atomic mass is 10.1. The van der Waals surface area contributed by atoms with Crippen LogP contribution < -0.4 is 4.74 Å². The molecule has 0 saturated heterocycles. The van der Waals surface area contributed by atoms with Gasteiger partial charge in [-0.25, -0.2) is 4.98 Å². The van der Waals surface area contributed by atoms with Crippen molar-refractivity contribution in [2.75, 3.05) is 6.61 Å². The zero-order valence-electron chi connectivity index (χ0n) is 9.54. The van der Waals surface area contributed by atoms with E-state index in [-0.39, 0.29) is 5.88 Å². The first-order valence-electron chi connectivity index (χ1n) is 5.04. The van der Waals surface area contributed by atoms with Crippen LogP contribution in [0.3, 0.4) is 0 Å². The van der Waals surface area contributed by atoms with Crippen LogP contribution in [-0.4, -0.2) is 22.7 Å². The maximum Gasteiger partial charge on any atom is 0.303 e. The Hall–Kier alpha value is -1.56. The summed E-state index contributed by atoms with van der Waals surface area (Å²) >= 11 is 3.70. The molecule has 0 radical (unpaired) electrons. The van der Waals surface area contributed by atoms with Crippen LogP contribution in [-0.2, 0) is 14.3 Å². The van der Waals surface area contributed by atoms with Gasteiger partial charge < -0.3 is 9.47 Å². The van der Waals surface area contributed by atoms with E-state index in [0.717, 1.165) is 0 Å². The van der Waals surface area contributed by atoms with Gasteiger partial charge >= 0.3 is 5.97 Å². The molecule has 6 heteroatoms. The SMILES string of the molecule is CCOc1ncccc1C(OC(C)=O)C(=O)S. The van der Waals surface area contributed by atoms with Crippen molar-refractivity contribution >= 4 is 23.7 Å². The van der Waals surface area contributed by atoms with Crippen molar-refractivity contribution in [3.63, 3.8) is 0 Å². The lowest BCUT2D eigenvalue weighted by Crippen LogP contribution is -2.16. The van der Waals surface area contributed by atoms with E-state index in [1.54, 1.807) is 19.1 Å². The molecule has 1 atom stereocenters. The van der Waals surface area contributed by atoms with Gasteiger partial charge in [-0.05, 0) is 19.1 Å². The Morgan fingerprint density at radius 2 is 2.24 bits per heavy atom. The minimum Gasteiger partial charge on any atom is -0.478 e. The predicted octanol–water partition coefficient (Wildman–Crippen LogP) is 1.54. The Bertz CT molecular complexity index is 422. The smallest absolute Gasteiger partial charge is 0.303 e. The Kier molecular flexibility index (Phi) is 4.96. The predicted molar refractivity (Wildman–Crippen MR) is 63.9 cm³/mol. The van der Waals surface area contributed by atoms with Crippen molar-refractivity contribution in [1.29, 1.82) is 0 Å². The summed E-state index contributed by atoms with van der Waals surface area (Å²) in [5.41, 5.74) is 0.393. The molecule has 0 fully saturated rings. The Morgan fingerprint density at radius 3 is 2.76 bits per heavy atom. The maximum atomic E-state index is 11.3. The van der Waals surface area contributed by atoms with Crippen LogP contribution >= 0.6 is 12.6 Å². The van der Waals surface area contributed by atoms with Gasteiger partial charge in [-0.1, -0.05) is 0 Å². The third kappa shape index (κ3) is 3.74. The van der Waals surface area contributed by atoms with Crippen LogP contribution in [0, 0.1) is 0 Å². The van der Waals surface area contributed by atoms with Crippen LogP contribution in [0.5, 0.6) is 5.88 Å². The summed E-state index contributed by atoms with van der Waals surface area (Å²) in [5, 5.41) is -0.575. The normalized spacial score (nSPS) is 11.7. The zero-order valence-corrected chi connectivity index (χ0v) is 10.4. The van der Waals surface area contributed by atoms with Crippen LogP contribution in [0.25, 0.3) is 0 Å². The first-order valence-corrected chi connectivity index (χ1v) is 5.48. The molecule has 0 saturated carbocycles. The van der Waals surface area contributed by atoms with E-state index >= 15 is 0 Å². The number of pyridine rings is 1. The molecule has 5 nitrogen and oxygen atoms in total. The molecule has 0 aliphatic carbocycles. The molecular formula is C11H13NO4S. The average molecular weight is 255 g/mol. The molecule has 1 unspecified atom stereocenters. The number of hydrogen-bond acceptors (Lipinski definition) is 5. The number of nitrogens with zero attached hydrogens (tertiary/aromatic N) is 1. The van der Waals surface area contributed by atoms with Crippen molar-refractivity contribution < 1.29 is 19.1 Å². The van der Waals surface area contributed by atoms with Crippen molar-refractivity contribution in [1.82, 2.24) is 4.98 Å². The van der Waals surface area contributed by atoms with Gasteiger partial charge in [0.1, 0.15) is 0 Å². The first kappa shape index (κ1) is 13.5. The standard InChI is InChI=1S/C11H13NO4S/c1-3-15-10-8(5-4-6-12-10)9(11(14)17)16-7(2)13/h4-6,9H,3H2,1-2H3,(H,14,17). The molecule has 0 aromatic carbocycles. The van der Waals surface area contributed by atoms with Crippen molar-refractivity contribution in [2.45, 2.75) is 20.0 Å². The molecule has 0 spiro atoms. The average Bonchev–Trinajstić information content (AvgIpc) is 2.27. The molecule has 17 heavy (non-hydrogen) atoms. The summed E-state index contributed by atoms with van der Waals surface area (Å²) in [5.74, 6) is -0.299. The van der Waals surface area contributed by atoms with Crippen LogP contribution in [0.1, 0.15) is 25.5 Å². The quantitative estimate of drug-likeness (QED) is 0.638. The fourth-order valence-electron chi connectivity index (χ4n) is 1.27. The first-order chi connectivity index (χ1) is 8.06. The number of carbonyl (C=O) groups excluding carboxylic acids is 2. The molecule has 0 amide bonds. The summed E-state index contributed by atoms with van der Waals surface area (Å²) < 4.78 is 10.2. The second kappa shape index (κ2) is 6.24. The third-order valence-corrected chi connectivity index (χ3v) is 2.11. The summed E-state index contributed by atoms with van der Waals surface area (Å²) in [6, 6.07) is 3.24. The Balaban J connectivity index is 3.08. The van der Waals surface area contributed by atoms with E-state index in [0.29, 0.717) is 12.2 Å².